The maximum absolute atomic E-state index is 5.22. The standard InChI is InChI=1S/C12H23NO/c1-5-6-10(2)11(3)13-7-12(4)8-14-9-12/h5,10-11,13H,1,6-9H2,2-4H3. The lowest BCUT2D eigenvalue weighted by molar-refractivity contribution is -0.100. The zero-order chi connectivity index (χ0) is 10.6. The lowest BCUT2D eigenvalue weighted by Crippen LogP contribution is -2.50. The second-order valence-corrected chi connectivity index (χ2v) is 4.97. The van der Waals surface area contributed by atoms with E-state index in [0.717, 1.165) is 26.2 Å². The van der Waals surface area contributed by atoms with Crippen LogP contribution < -0.4 is 5.32 Å². The van der Waals surface area contributed by atoms with Gasteiger partial charge in [0.2, 0.25) is 0 Å². The van der Waals surface area contributed by atoms with Crippen molar-refractivity contribution in [2.45, 2.75) is 33.2 Å². The fourth-order valence-corrected chi connectivity index (χ4v) is 1.63. The Labute approximate surface area is 87.7 Å². The molecular weight excluding hydrogens is 174 g/mol. The molecule has 0 spiro atoms. The van der Waals surface area contributed by atoms with Crippen molar-refractivity contribution in [2.75, 3.05) is 19.8 Å². The highest BCUT2D eigenvalue weighted by molar-refractivity contribution is 4.85. The Kier molecular flexibility index (Phi) is 4.14. The van der Waals surface area contributed by atoms with Crippen molar-refractivity contribution in [3.05, 3.63) is 12.7 Å². The molecule has 1 aliphatic rings. The van der Waals surface area contributed by atoms with Gasteiger partial charge in [0.05, 0.1) is 13.2 Å². The molecule has 0 saturated carbocycles. The van der Waals surface area contributed by atoms with Crippen LogP contribution in [0.15, 0.2) is 12.7 Å². The van der Waals surface area contributed by atoms with Gasteiger partial charge in [0.1, 0.15) is 0 Å². The Morgan fingerprint density at radius 3 is 2.57 bits per heavy atom. The van der Waals surface area contributed by atoms with Crippen molar-refractivity contribution in [3.63, 3.8) is 0 Å². The van der Waals surface area contributed by atoms with E-state index in [-0.39, 0.29) is 0 Å². The Morgan fingerprint density at radius 1 is 1.50 bits per heavy atom. The molecule has 2 unspecified atom stereocenters. The van der Waals surface area contributed by atoms with Gasteiger partial charge in [0.25, 0.3) is 0 Å². The topological polar surface area (TPSA) is 21.3 Å². The first kappa shape index (κ1) is 11.7. The Balaban J connectivity index is 2.19. The summed E-state index contributed by atoms with van der Waals surface area (Å²) in [6.45, 7) is 13.4. The van der Waals surface area contributed by atoms with E-state index in [0.29, 0.717) is 17.4 Å². The lowest BCUT2D eigenvalue weighted by atomic mass is 9.88. The Hall–Kier alpha value is -0.340. The molecule has 0 radical (unpaired) electrons. The van der Waals surface area contributed by atoms with Gasteiger partial charge in [-0.25, -0.2) is 0 Å². The summed E-state index contributed by atoms with van der Waals surface area (Å²) in [5, 5.41) is 3.58. The first-order valence-electron chi connectivity index (χ1n) is 5.49. The molecule has 1 aliphatic heterocycles. The van der Waals surface area contributed by atoms with Gasteiger partial charge in [-0.15, -0.1) is 6.58 Å². The van der Waals surface area contributed by atoms with Crippen LogP contribution in [0, 0.1) is 11.3 Å². The summed E-state index contributed by atoms with van der Waals surface area (Å²) in [7, 11) is 0. The van der Waals surface area contributed by atoms with E-state index in [1.807, 2.05) is 6.08 Å². The highest BCUT2D eigenvalue weighted by Crippen LogP contribution is 2.25. The van der Waals surface area contributed by atoms with Crippen molar-refractivity contribution in [3.8, 4) is 0 Å². The largest absolute Gasteiger partial charge is 0.380 e. The maximum Gasteiger partial charge on any atom is 0.0554 e. The average Bonchev–Trinajstić information content (AvgIpc) is 2.11. The molecule has 1 N–H and O–H groups in total. The second-order valence-electron chi connectivity index (χ2n) is 4.97. The van der Waals surface area contributed by atoms with Crippen molar-refractivity contribution < 1.29 is 4.74 Å². The summed E-state index contributed by atoms with van der Waals surface area (Å²) in [5.74, 6) is 0.664. The summed E-state index contributed by atoms with van der Waals surface area (Å²) in [5.41, 5.74) is 0.377. The smallest absolute Gasteiger partial charge is 0.0554 e. The van der Waals surface area contributed by atoms with Crippen LogP contribution in [0.2, 0.25) is 0 Å². The number of ether oxygens (including phenoxy) is 1. The van der Waals surface area contributed by atoms with E-state index < -0.39 is 0 Å². The molecule has 2 heteroatoms. The fraction of sp³-hybridized carbons (Fsp3) is 0.833. The minimum Gasteiger partial charge on any atom is -0.380 e. The zero-order valence-electron chi connectivity index (χ0n) is 9.68. The average molecular weight is 197 g/mol. The third-order valence-electron chi connectivity index (χ3n) is 3.14. The molecule has 0 aromatic heterocycles. The van der Waals surface area contributed by atoms with Crippen molar-refractivity contribution in [1.29, 1.82) is 0 Å². The van der Waals surface area contributed by atoms with Gasteiger partial charge in [0.15, 0.2) is 0 Å². The van der Waals surface area contributed by atoms with Gasteiger partial charge in [0, 0.05) is 18.0 Å². The number of rotatable bonds is 6. The molecule has 2 nitrogen and oxygen atoms in total. The SMILES string of the molecule is C=CCC(C)C(C)NCC1(C)COC1. The summed E-state index contributed by atoms with van der Waals surface area (Å²) >= 11 is 0. The summed E-state index contributed by atoms with van der Waals surface area (Å²) in [4.78, 5) is 0. The minimum absolute atomic E-state index is 0.377. The predicted octanol–water partition coefficient (Wildman–Crippen LogP) is 2.21. The summed E-state index contributed by atoms with van der Waals surface area (Å²) < 4.78 is 5.22. The van der Waals surface area contributed by atoms with Crippen LogP contribution in [0.3, 0.4) is 0 Å². The maximum atomic E-state index is 5.22. The van der Waals surface area contributed by atoms with E-state index in [4.69, 9.17) is 4.74 Å². The highest BCUT2D eigenvalue weighted by Gasteiger charge is 2.33. The van der Waals surface area contributed by atoms with Gasteiger partial charge in [-0.3, -0.25) is 0 Å². The third kappa shape index (κ3) is 3.10. The molecule has 82 valence electrons. The molecule has 14 heavy (non-hydrogen) atoms. The number of allylic oxidation sites excluding steroid dienone is 1. The Morgan fingerprint density at radius 2 is 2.14 bits per heavy atom. The van der Waals surface area contributed by atoms with E-state index in [1.165, 1.54) is 0 Å². The van der Waals surface area contributed by atoms with Crippen LogP contribution in [0.25, 0.3) is 0 Å². The molecule has 1 rings (SSSR count). The second kappa shape index (κ2) is 4.94. The summed E-state index contributed by atoms with van der Waals surface area (Å²) in [6.07, 6.45) is 3.08. The minimum atomic E-state index is 0.377. The van der Waals surface area contributed by atoms with E-state index >= 15 is 0 Å². The monoisotopic (exact) mass is 197 g/mol. The van der Waals surface area contributed by atoms with Crippen molar-refractivity contribution in [2.24, 2.45) is 11.3 Å². The molecule has 0 amide bonds. The quantitative estimate of drug-likeness (QED) is 0.659. The van der Waals surface area contributed by atoms with E-state index in [2.05, 4.69) is 32.7 Å². The third-order valence-corrected chi connectivity index (χ3v) is 3.14. The van der Waals surface area contributed by atoms with Crippen LogP contribution in [-0.4, -0.2) is 25.8 Å². The molecular formula is C12H23NO. The van der Waals surface area contributed by atoms with Gasteiger partial charge >= 0.3 is 0 Å². The van der Waals surface area contributed by atoms with Gasteiger partial charge < -0.3 is 10.1 Å². The number of nitrogens with one attached hydrogen (secondary N) is 1. The normalized spacial score (nSPS) is 23.6. The van der Waals surface area contributed by atoms with Crippen molar-refractivity contribution in [1.82, 2.24) is 5.32 Å². The first-order chi connectivity index (χ1) is 6.57. The molecule has 1 saturated heterocycles. The number of hydrogen-bond donors (Lipinski definition) is 1. The molecule has 0 bridgehead atoms. The number of hydrogen-bond acceptors (Lipinski definition) is 2. The molecule has 1 heterocycles. The van der Waals surface area contributed by atoms with Crippen LogP contribution in [0.4, 0.5) is 0 Å². The van der Waals surface area contributed by atoms with Gasteiger partial charge in [-0.1, -0.05) is 19.9 Å². The van der Waals surface area contributed by atoms with E-state index in [1.54, 1.807) is 0 Å². The van der Waals surface area contributed by atoms with Crippen LogP contribution >= 0.6 is 0 Å². The van der Waals surface area contributed by atoms with Crippen LogP contribution in [-0.2, 0) is 4.74 Å². The molecule has 1 fully saturated rings. The molecule has 0 aromatic carbocycles. The lowest BCUT2D eigenvalue weighted by Gasteiger charge is -2.39. The zero-order valence-corrected chi connectivity index (χ0v) is 9.68. The predicted molar refractivity (Wildman–Crippen MR) is 60.4 cm³/mol. The van der Waals surface area contributed by atoms with Gasteiger partial charge in [-0.05, 0) is 19.3 Å². The fourth-order valence-electron chi connectivity index (χ4n) is 1.63. The van der Waals surface area contributed by atoms with Crippen molar-refractivity contribution >= 4 is 0 Å². The van der Waals surface area contributed by atoms with Gasteiger partial charge in [-0.2, -0.15) is 0 Å². The Bertz CT molecular complexity index is 187. The molecule has 0 aromatic rings. The molecule has 2 atom stereocenters. The van der Waals surface area contributed by atoms with Crippen LogP contribution in [0.5, 0.6) is 0 Å². The van der Waals surface area contributed by atoms with E-state index in [9.17, 15) is 0 Å². The molecule has 0 aliphatic carbocycles. The highest BCUT2D eigenvalue weighted by atomic mass is 16.5. The summed E-state index contributed by atoms with van der Waals surface area (Å²) in [6, 6.07) is 0.561. The first-order valence-corrected chi connectivity index (χ1v) is 5.49. The van der Waals surface area contributed by atoms with Crippen LogP contribution in [0.1, 0.15) is 27.2 Å².